The molecule has 31 heavy (non-hydrogen) atoms. The summed E-state index contributed by atoms with van der Waals surface area (Å²) in [7, 11) is -3.35. The van der Waals surface area contributed by atoms with E-state index in [0.717, 1.165) is 37.7 Å². The van der Waals surface area contributed by atoms with Gasteiger partial charge < -0.3 is 9.47 Å². The molecule has 3 saturated carbocycles. The van der Waals surface area contributed by atoms with Gasteiger partial charge in [-0.15, -0.1) is 0 Å². The summed E-state index contributed by atoms with van der Waals surface area (Å²) in [4.78, 5) is 24.4. The maximum absolute atomic E-state index is 13.4. The van der Waals surface area contributed by atoms with E-state index in [-0.39, 0.29) is 46.3 Å². The van der Waals surface area contributed by atoms with Gasteiger partial charge in [-0.05, 0) is 50.5 Å². The van der Waals surface area contributed by atoms with Crippen molar-refractivity contribution in [1.29, 1.82) is 0 Å². The van der Waals surface area contributed by atoms with Crippen LogP contribution in [0.3, 0.4) is 0 Å². The molecule has 170 valence electrons. The molecule has 0 radical (unpaired) electrons. The molecule has 4 unspecified atom stereocenters. The second-order valence-electron chi connectivity index (χ2n) is 11.3. The smallest absolute Gasteiger partial charge is 0.306 e. The Labute approximate surface area is 184 Å². The van der Waals surface area contributed by atoms with Gasteiger partial charge in [0.25, 0.3) is 0 Å². The van der Waals surface area contributed by atoms with Gasteiger partial charge in [0.05, 0.1) is 11.4 Å². The molecule has 2 heterocycles. The minimum absolute atomic E-state index is 0.0375. The molecule has 2 saturated heterocycles. The van der Waals surface area contributed by atoms with Crippen molar-refractivity contribution in [1.82, 2.24) is 0 Å². The largest absolute Gasteiger partial charge is 0.458 e. The second-order valence-corrected chi connectivity index (χ2v) is 13.8. The summed E-state index contributed by atoms with van der Waals surface area (Å²) in [6.07, 6.45) is 7.02. The van der Waals surface area contributed by atoms with Gasteiger partial charge in [0.15, 0.2) is 15.6 Å². The third kappa shape index (κ3) is 2.21. The van der Waals surface area contributed by atoms with Crippen LogP contribution in [0.2, 0.25) is 0 Å². The van der Waals surface area contributed by atoms with Crippen LogP contribution in [0, 0.1) is 22.7 Å². The molecule has 0 amide bonds. The fourth-order valence-electron chi connectivity index (χ4n) is 8.80. The molecule has 6 rings (SSSR count). The van der Waals surface area contributed by atoms with Crippen molar-refractivity contribution >= 4 is 21.6 Å². The molecule has 0 aromatic carbocycles. The van der Waals surface area contributed by atoms with Crippen LogP contribution in [0.1, 0.15) is 72.1 Å². The van der Waals surface area contributed by atoms with Crippen LogP contribution in [0.4, 0.5) is 0 Å². The number of epoxide rings is 1. The predicted molar refractivity (Wildman–Crippen MR) is 113 cm³/mol. The van der Waals surface area contributed by atoms with E-state index >= 15 is 0 Å². The normalized spacial score (nSPS) is 52.7. The summed E-state index contributed by atoms with van der Waals surface area (Å²) in [6, 6.07) is 0. The van der Waals surface area contributed by atoms with Gasteiger partial charge in [0.1, 0.15) is 11.2 Å². The zero-order chi connectivity index (χ0) is 22.0. The highest BCUT2D eigenvalue weighted by Crippen LogP contribution is 2.78. The van der Waals surface area contributed by atoms with E-state index in [2.05, 4.69) is 13.8 Å². The first-order chi connectivity index (χ1) is 14.5. The molecule has 8 atom stereocenters. The van der Waals surface area contributed by atoms with E-state index in [0.29, 0.717) is 19.3 Å². The minimum atomic E-state index is -3.35. The number of carbonyl (C=O) groups is 2. The Bertz CT molecular complexity index is 1030. The number of hydrogen-bond acceptors (Lipinski definition) is 6. The van der Waals surface area contributed by atoms with Gasteiger partial charge >= 0.3 is 5.97 Å². The lowest BCUT2D eigenvalue weighted by atomic mass is 9.46. The number of ether oxygens (including phenoxy) is 2. The van der Waals surface area contributed by atoms with Crippen molar-refractivity contribution in [3.63, 3.8) is 0 Å². The highest BCUT2D eigenvalue weighted by atomic mass is 32.2. The molecule has 4 aliphatic carbocycles. The summed E-state index contributed by atoms with van der Waals surface area (Å²) in [5, 5.41) is -0.537. The molecule has 5 fully saturated rings. The fourth-order valence-corrected chi connectivity index (χ4v) is 10.5. The standard InChI is InChI=1S/C24H32O6S/c1-4-31(27,28)17-12-14-11-15(25)5-8-21(14,2)24-18(29-24)13-22(3)16(20(17)24)6-9-23(22)10-7-19(26)30-23/h11,16-18,20H,4-10,12-13H2,1-3H3/t16?,17?,18-,20?,21-,22-,23+,24?/m0/s1. The summed E-state index contributed by atoms with van der Waals surface area (Å²) in [5.74, 6) is 0.0937. The van der Waals surface area contributed by atoms with E-state index in [1.807, 2.05) is 0 Å². The van der Waals surface area contributed by atoms with Crippen molar-refractivity contribution < 1.29 is 27.5 Å². The lowest BCUT2D eigenvalue weighted by Crippen LogP contribution is -2.64. The monoisotopic (exact) mass is 448 g/mol. The first-order valence-electron chi connectivity index (χ1n) is 11.9. The maximum Gasteiger partial charge on any atom is 0.306 e. The fraction of sp³-hybridized carbons (Fsp3) is 0.833. The average molecular weight is 449 g/mol. The van der Waals surface area contributed by atoms with Crippen molar-refractivity contribution in [3.8, 4) is 0 Å². The summed E-state index contributed by atoms with van der Waals surface area (Å²) >= 11 is 0. The van der Waals surface area contributed by atoms with Crippen molar-refractivity contribution in [2.45, 2.75) is 94.7 Å². The number of carbonyl (C=O) groups excluding carboxylic acids is 2. The first-order valence-corrected chi connectivity index (χ1v) is 13.6. The lowest BCUT2D eigenvalue weighted by molar-refractivity contribution is -0.164. The Balaban J connectivity index is 1.52. The quantitative estimate of drug-likeness (QED) is 0.476. The summed E-state index contributed by atoms with van der Waals surface area (Å²) in [6.45, 7) is 6.15. The molecule has 2 aliphatic heterocycles. The van der Waals surface area contributed by atoms with E-state index < -0.39 is 26.3 Å². The molecule has 2 spiro atoms. The minimum Gasteiger partial charge on any atom is -0.458 e. The molecular formula is C24H32O6S. The molecule has 7 heteroatoms. The third-order valence-electron chi connectivity index (χ3n) is 10.5. The van der Waals surface area contributed by atoms with E-state index in [1.165, 1.54) is 0 Å². The van der Waals surface area contributed by atoms with Crippen LogP contribution in [0.15, 0.2) is 11.6 Å². The maximum atomic E-state index is 13.4. The Morgan fingerprint density at radius 2 is 1.90 bits per heavy atom. The molecule has 0 aromatic rings. The Morgan fingerprint density at radius 3 is 2.58 bits per heavy atom. The van der Waals surface area contributed by atoms with Gasteiger partial charge in [-0.2, -0.15) is 0 Å². The SMILES string of the molecule is CCS(=O)(=O)C1CC2=CC(=O)CC[C@]2(C)C23O[C@H]2C[C@@]2(C)C(CC[C@@]24CCC(=O)O4)C13. The number of fused-ring (bicyclic) bond motifs is 4. The highest BCUT2D eigenvalue weighted by Gasteiger charge is 2.83. The molecule has 0 bridgehead atoms. The van der Waals surface area contributed by atoms with E-state index in [4.69, 9.17) is 9.47 Å². The summed E-state index contributed by atoms with van der Waals surface area (Å²) < 4.78 is 39.5. The second kappa shape index (κ2) is 5.82. The van der Waals surface area contributed by atoms with Crippen LogP contribution in [0.25, 0.3) is 0 Å². The van der Waals surface area contributed by atoms with Crippen LogP contribution < -0.4 is 0 Å². The third-order valence-corrected chi connectivity index (χ3v) is 12.7. The number of hydrogen-bond donors (Lipinski definition) is 0. The Hall–Kier alpha value is -1.21. The molecule has 0 N–H and O–H groups in total. The van der Waals surface area contributed by atoms with Gasteiger partial charge in [0.2, 0.25) is 0 Å². The van der Waals surface area contributed by atoms with Crippen molar-refractivity contribution in [2.75, 3.05) is 5.75 Å². The zero-order valence-corrected chi connectivity index (χ0v) is 19.4. The molecular weight excluding hydrogens is 416 g/mol. The molecule has 6 nitrogen and oxygen atoms in total. The lowest BCUT2D eigenvalue weighted by Gasteiger charge is -2.58. The van der Waals surface area contributed by atoms with Crippen LogP contribution in [-0.2, 0) is 28.9 Å². The van der Waals surface area contributed by atoms with E-state index in [9.17, 15) is 18.0 Å². The van der Waals surface area contributed by atoms with Crippen LogP contribution in [0.5, 0.6) is 0 Å². The van der Waals surface area contributed by atoms with Gasteiger partial charge in [0, 0.05) is 35.3 Å². The topological polar surface area (TPSA) is 90.0 Å². The number of rotatable bonds is 2. The number of sulfone groups is 1. The van der Waals surface area contributed by atoms with Crippen LogP contribution in [-0.4, -0.2) is 48.5 Å². The van der Waals surface area contributed by atoms with Gasteiger partial charge in [-0.1, -0.05) is 26.3 Å². The molecule has 6 aliphatic rings. The van der Waals surface area contributed by atoms with Crippen LogP contribution >= 0.6 is 0 Å². The number of ketones is 1. The van der Waals surface area contributed by atoms with Crippen molar-refractivity contribution in [3.05, 3.63) is 11.6 Å². The predicted octanol–water partition coefficient (Wildman–Crippen LogP) is 3.14. The van der Waals surface area contributed by atoms with E-state index in [1.54, 1.807) is 13.0 Å². The van der Waals surface area contributed by atoms with Crippen molar-refractivity contribution in [2.24, 2.45) is 22.7 Å². The first kappa shape index (κ1) is 20.4. The van der Waals surface area contributed by atoms with Gasteiger partial charge in [-0.25, -0.2) is 8.42 Å². The summed E-state index contributed by atoms with van der Waals surface area (Å²) in [5.41, 5.74) is -0.568. The zero-order valence-electron chi connectivity index (χ0n) is 18.6. The Kier molecular flexibility index (Phi) is 3.83. The van der Waals surface area contributed by atoms with Gasteiger partial charge in [-0.3, -0.25) is 9.59 Å². The average Bonchev–Trinajstić information content (AvgIpc) is 3.20. The number of esters is 1. The Morgan fingerprint density at radius 1 is 1.13 bits per heavy atom. The highest BCUT2D eigenvalue weighted by molar-refractivity contribution is 7.92. The molecule has 0 aromatic heterocycles.